The second-order valence-corrected chi connectivity index (χ2v) is 20.9. The predicted molar refractivity (Wildman–Crippen MR) is 121 cm³/mol. The van der Waals surface area contributed by atoms with Gasteiger partial charge < -0.3 is 4.74 Å². The molecule has 1 aliphatic carbocycles. The maximum absolute atomic E-state index is 13.3. The summed E-state index contributed by atoms with van der Waals surface area (Å²) in [5, 5.41) is 3.00. The quantitative estimate of drug-likeness (QED) is 0.684. The van der Waals surface area contributed by atoms with Crippen LogP contribution in [0.25, 0.3) is 0 Å². The van der Waals surface area contributed by atoms with Crippen molar-refractivity contribution in [1.29, 1.82) is 0 Å². The lowest BCUT2D eigenvalue weighted by Gasteiger charge is -2.35. The van der Waals surface area contributed by atoms with Gasteiger partial charge in [-0.3, -0.25) is 9.59 Å². The van der Waals surface area contributed by atoms with Crippen LogP contribution in [-0.2, 0) is 4.74 Å². The molecule has 2 aliphatic heterocycles. The third-order valence-electron chi connectivity index (χ3n) is 6.85. The highest BCUT2D eigenvalue weighted by Crippen LogP contribution is 2.60. The molecule has 0 amide bonds. The molecule has 0 aromatic heterocycles. The molecule has 5 heteroatoms. The van der Waals surface area contributed by atoms with Gasteiger partial charge in [0.1, 0.15) is 0 Å². The average molecular weight is 421 g/mol. The van der Waals surface area contributed by atoms with Crippen molar-refractivity contribution in [1.82, 2.24) is 0 Å². The number of carbonyl (C=O) groups is 2. The van der Waals surface area contributed by atoms with Crippen LogP contribution in [0.1, 0.15) is 44.1 Å². The van der Waals surface area contributed by atoms with Crippen LogP contribution in [0, 0.1) is 11.8 Å². The van der Waals surface area contributed by atoms with Crippen LogP contribution in [0.4, 0.5) is 0 Å². The standard InChI is InChI=1S/C24H28O3Si2/c1-28(2,3)17-11-15-16(12-18(17)29(4,5)6)24-20-19(23(15)27-24)21(25)13-9-7-8-10-14(13)22(20)26/h7-12,19-20,23-24H,1-6H3/t19-,20+,23+,24-. The van der Waals surface area contributed by atoms with E-state index in [-0.39, 0.29) is 35.6 Å². The Balaban J connectivity index is 1.70. The Kier molecular flexibility index (Phi) is 3.88. The van der Waals surface area contributed by atoms with Gasteiger partial charge in [0.25, 0.3) is 0 Å². The van der Waals surface area contributed by atoms with Crippen molar-refractivity contribution in [2.75, 3.05) is 0 Å². The summed E-state index contributed by atoms with van der Waals surface area (Å²) in [5.74, 6) is -0.594. The highest BCUT2D eigenvalue weighted by Gasteiger charge is 2.60. The molecular weight excluding hydrogens is 392 g/mol. The molecule has 5 rings (SSSR count). The molecule has 1 saturated heterocycles. The van der Waals surface area contributed by atoms with Gasteiger partial charge in [-0.1, -0.05) is 86.1 Å². The molecule has 1 fully saturated rings. The number of rotatable bonds is 2. The Hall–Kier alpha value is -1.83. The van der Waals surface area contributed by atoms with E-state index >= 15 is 0 Å². The van der Waals surface area contributed by atoms with Crippen LogP contribution in [-0.4, -0.2) is 27.7 Å². The molecule has 0 saturated carbocycles. The molecule has 0 spiro atoms. The number of ketones is 2. The molecule has 0 radical (unpaired) electrons. The molecule has 0 N–H and O–H groups in total. The third kappa shape index (κ3) is 2.57. The third-order valence-corrected chi connectivity index (χ3v) is 11.2. The predicted octanol–water partition coefficient (Wildman–Crippen LogP) is 4.21. The van der Waals surface area contributed by atoms with Crippen molar-refractivity contribution in [2.24, 2.45) is 11.8 Å². The Morgan fingerprint density at radius 3 is 1.41 bits per heavy atom. The molecule has 29 heavy (non-hydrogen) atoms. The normalized spacial score (nSPS) is 27.7. The van der Waals surface area contributed by atoms with E-state index in [1.165, 1.54) is 10.4 Å². The topological polar surface area (TPSA) is 43.4 Å². The number of benzene rings is 2. The molecule has 2 aromatic rings. The van der Waals surface area contributed by atoms with E-state index in [0.717, 1.165) is 11.1 Å². The number of fused-ring (bicyclic) bond motifs is 9. The van der Waals surface area contributed by atoms with Crippen molar-refractivity contribution in [3.63, 3.8) is 0 Å². The molecule has 150 valence electrons. The van der Waals surface area contributed by atoms with Crippen molar-refractivity contribution < 1.29 is 14.3 Å². The molecule has 2 bridgehead atoms. The Bertz CT molecular complexity index is 991. The van der Waals surface area contributed by atoms with E-state index in [0.29, 0.717) is 11.1 Å². The van der Waals surface area contributed by atoms with E-state index in [4.69, 9.17) is 4.74 Å². The molecular formula is C24H28O3Si2. The monoisotopic (exact) mass is 420 g/mol. The molecule has 2 aromatic carbocycles. The summed E-state index contributed by atoms with van der Waals surface area (Å²) in [6.45, 7) is 14.3. The molecule has 4 atom stereocenters. The zero-order valence-corrected chi connectivity index (χ0v) is 20.0. The first-order valence-electron chi connectivity index (χ1n) is 10.5. The lowest BCUT2D eigenvalue weighted by Crippen LogP contribution is -2.57. The number of ether oxygens (including phenoxy) is 1. The fourth-order valence-electron chi connectivity index (χ4n) is 5.48. The Morgan fingerprint density at radius 2 is 1.07 bits per heavy atom. The van der Waals surface area contributed by atoms with Gasteiger partial charge in [-0.05, 0) is 11.1 Å². The van der Waals surface area contributed by atoms with Gasteiger partial charge in [0.2, 0.25) is 0 Å². The fourth-order valence-corrected chi connectivity index (χ4v) is 10.7. The van der Waals surface area contributed by atoms with Gasteiger partial charge in [0, 0.05) is 11.1 Å². The Morgan fingerprint density at radius 1 is 0.690 bits per heavy atom. The van der Waals surface area contributed by atoms with E-state index in [2.05, 4.69) is 51.4 Å². The second kappa shape index (κ2) is 5.87. The minimum atomic E-state index is -1.56. The first-order valence-corrected chi connectivity index (χ1v) is 17.5. The minimum Gasteiger partial charge on any atom is -0.364 e. The van der Waals surface area contributed by atoms with Crippen LogP contribution in [0.5, 0.6) is 0 Å². The number of Topliss-reactive ketones (excluding diaryl/α,β-unsaturated/α-hetero) is 2. The van der Waals surface area contributed by atoms with Crippen LogP contribution in [0.3, 0.4) is 0 Å². The van der Waals surface area contributed by atoms with Crippen LogP contribution < -0.4 is 10.4 Å². The zero-order valence-electron chi connectivity index (χ0n) is 18.0. The maximum Gasteiger partial charge on any atom is 0.170 e. The molecule has 2 heterocycles. The van der Waals surface area contributed by atoms with Gasteiger partial charge >= 0.3 is 0 Å². The SMILES string of the molecule is C[Si](C)(C)c1cc2c(cc1[Si](C)(C)C)[C@@H]1O[C@H]2[C@@H]2C(=O)c3ccccc3C(=O)[C@@H]21. The first kappa shape index (κ1) is 19.2. The maximum atomic E-state index is 13.3. The Labute approximate surface area is 174 Å². The van der Waals surface area contributed by atoms with Crippen LogP contribution in [0.2, 0.25) is 39.3 Å². The summed E-state index contributed by atoms with van der Waals surface area (Å²) in [5.41, 5.74) is 3.47. The van der Waals surface area contributed by atoms with E-state index in [1.807, 2.05) is 12.1 Å². The highest BCUT2D eigenvalue weighted by molar-refractivity contribution is 6.98. The van der Waals surface area contributed by atoms with Gasteiger partial charge in [0.05, 0.1) is 40.2 Å². The summed E-state index contributed by atoms with van der Waals surface area (Å²) in [7, 11) is -3.12. The molecule has 3 nitrogen and oxygen atoms in total. The summed E-state index contributed by atoms with van der Waals surface area (Å²) >= 11 is 0. The van der Waals surface area contributed by atoms with Gasteiger partial charge in [-0.25, -0.2) is 0 Å². The number of hydrogen-bond donors (Lipinski definition) is 0. The van der Waals surface area contributed by atoms with Crippen molar-refractivity contribution >= 4 is 38.1 Å². The summed E-state index contributed by atoms with van der Waals surface area (Å²) in [6.07, 6.45) is -0.564. The number of hydrogen-bond acceptors (Lipinski definition) is 3. The number of carbonyl (C=O) groups excluding carboxylic acids is 2. The molecule has 3 aliphatic rings. The lowest BCUT2D eigenvalue weighted by molar-refractivity contribution is 0.0511. The van der Waals surface area contributed by atoms with Crippen molar-refractivity contribution in [3.8, 4) is 0 Å². The minimum absolute atomic E-state index is 0.0761. The smallest absolute Gasteiger partial charge is 0.170 e. The molecule has 0 unspecified atom stereocenters. The van der Waals surface area contributed by atoms with E-state index in [1.54, 1.807) is 12.1 Å². The van der Waals surface area contributed by atoms with Gasteiger partial charge in [-0.2, -0.15) is 0 Å². The fraction of sp³-hybridized carbons (Fsp3) is 0.417. The zero-order chi connectivity index (χ0) is 20.9. The first-order chi connectivity index (χ1) is 13.5. The summed E-state index contributed by atoms with van der Waals surface area (Å²) in [4.78, 5) is 26.7. The lowest BCUT2D eigenvalue weighted by atomic mass is 9.66. The van der Waals surface area contributed by atoms with Crippen LogP contribution >= 0.6 is 0 Å². The van der Waals surface area contributed by atoms with E-state index < -0.39 is 16.1 Å². The van der Waals surface area contributed by atoms with Gasteiger partial charge in [-0.15, -0.1) is 0 Å². The van der Waals surface area contributed by atoms with Crippen LogP contribution in [0.15, 0.2) is 36.4 Å². The average Bonchev–Trinajstić information content (AvgIpc) is 3.21. The highest BCUT2D eigenvalue weighted by atomic mass is 28.3. The second-order valence-electron chi connectivity index (χ2n) is 10.8. The largest absolute Gasteiger partial charge is 0.364 e. The van der Waals surface area contributed by atoms with Crippen molar-refractivity contribution in [2.45, 2.75) is 51.5 Å². The van der Waals surface area contributed by atoms with Crippen molar-refractivity contribution in [3.05, 3.63) is 58.7 Å². The summed E-state index contributed by atoms with van der Waals surface area (Å²) in [6, 6.07) is 12.0. The van der Waals surface area contributed by atoms with E-state index in [9.17, 15) is 9.59 Å². The summed E-state index contributed by atoms with van der Waals surface area (Å²) < 4.78 is 6.39. The van der Waals surface area contributed by atoms with Gasteiger partial charge in [0.15, 0.2) is 11.6 Å².